The van der Waals surface area contributed by atoms with Crippen molar-refractivity contribution in [1.29, 1.82) is 0 Å². The number of rotatable bonds is 3. The average Bonchev–Trinajstić information content (AvgIpc) is 2.66. The van der Waals surface area contributed by atoms with Gasteiger partial charge in [-0.3, -0.25) is 0 Å². The molecule has 0 aromatic heterocycles. The van der Waals surface area contributed by atoms with Crippen molar-refractivity contribution in [2.24, 2.45) is 17.8 Å². The molecular formula is C23H29FO. The first kappa shape index (κ1) is 16.9. The largest absolute Gasteiger partial charge is 0.494 e. The first-order chi connectivity index (χ1) is 12.2. The SMILES string of the molecule is CCC1CCC2C[C@H](c3ccc4cc(OC)c(F)cc4c3)CC[C@@H]2C1. The zero-order chi connectivity index (χ0) is 17.4. The van der Waals surface area contributed by atoms with Gasteiger partial charge in [0.25, 0.3) is 0 Å². The molecule has 0 aliphatic heterocycles. The lowest BCUT2D eigenvalue weighted by atomic mass is 9.63. The van der Waals surface area contributed by atoms with Crippen LogP contribution < -0.4 is 4.74 Å². The van der Waals surface area contributed by atoms with Gasteiger partial charge in [0.05, 0.1) is 7.11 Å². The molecule has 2 aliphatic rings. The summed E-state index contributed by atoms with van der Waals surface area (Å²) in [6.45, 7) is 2.35. The molecule has 2 saturated carbocycles. The third-order valence-electron chi connectivity index (χ3n) is 6.91. The topological polar surface area (TPSA) is 9.23 Å². The maximum Gasteiger partial charge on any atom is 0.165 e. The molecule has 2 aromatic rings. The molecule has 2 aliphatic carbocycles. The number of halogens is 1. The Morgan fingerprint density at radius 2 is 1.76 bits per heavy atom. The minimum Gasteiger partial charge on any atom is -0.494 e. The van der Waals surface area contributed by atoms with Gasteiger partial charge in [0.2, 0.25) is 0 Å². The second-order valence-corrected chi connectivity index (χ2v) is 8.21. The molecule has 2 heteroatoms. The first-order valence-corrected chi connectivity index (χ1v) is 9.95. The van der Waals surface area contributed by atoms with E-state index in [1.54, 1.807) is 12.1 Å². The average molecular weight is 340 g/mol. The lowest BCUT2D eigenvalue weighted by molar-refractivity contribution is 0.116. The molecule has 2 unspecified atom stereocenters. The van der Waals surface area contributed by atoms with Crippen LogP contribution >= 0.6 is 0 Å². The normalized spacial score (nSPS) is 29.4. The summed E-state index contributed by atoms with van der Waals surface area (Å²) in [5, 5.41) is 2.05. The predicted molar refractivity (Wildman–Crippen MR) is 102 cm³/mol. The van der Waals surface area contributed by atoms with Crippen LogP contribution in [0.3, 0.4) is 0 Å². The van der Waals surface area contributed by atoms with E-state index in [9.17, 15) is 4.39 Å². The first-order valence-electron chi connectivity index (χ1n) is 9.95. The number of benzene rings is 2. The predicted octanol–water partition coefficient (Wildman–Crippen LogP) is 6.70. The van der Waals surface area contributed by atoms with Crippen LogP contribution in [0, 0.1) is 23.6 Å². The van der Waals surface area contributed by atoms with E-state index in [-0.39, 0.29) is 5.82 Å². The van der Waals surface area contributed by atoms with E-state index < -0.39 is 0 Å². The van der Waals surface area contributed by atoms with Gasteiger partial charge in [0.1, 0.15) is 0 Å². The molecular weight excluding hydrogens is 311 g/mol. The van der Waals surface area contributed by atoms with Crippen molar-refractivity contribution in [1.82, 2.24) is 0 Å². The minimum absolute atomic E-state index is 0.270. The van der Waals surface area contributed by atoms with Crippen LogP contribution in [0.15, 0.2) is 30.3 Å². The molecule has 0 radical (unpaired) electrons. The zero-order valence-corrected chi connectivity index (χ0v) is 15.4. The lowest BCUT2D eigenvalue weighted by Crippen LogP contribution is -2.30. The molecule has 134 valence electrons. The molecule has 2 aromatic carbocycles. The number of fused-ring (bicyclic) bond motifs is 2. The lowest BCUT2D eigenvalue weighted by Gasteiger charge is -2.42. The quantitative estimate of drug-likeness (QED) is 0.604. The van der Waals surface area contributed by atoms with Crippen LogP contribution in [0.25, 0.3) is 10.8 Å². The van der Waals surface area contributed by atoms with E-state index in [0.717, 1.165) is 28.5 Å². The Morgan fingerprint density at radius 3 is 2.56 bits per heavy atom. The van der Waals surface area contributed by atoms with Gasteiger partial charge in [0.15, 0.2) is 11.6 Å². The van der Waals surface area contributed by atoms with E-state index in [1.165, 1.54) is 57.6 Å². The Kier molecular flexibility index (Phi) is 4.71. The highest BCUT2D eigenvalue weighted by Gasteiger charge is 2.35. The van der Waals surface area contributed by atoms with E-state index >= 15 is 0 Å². The summed E-state index contributed by atoms with van der Waals surface area (Å²) in [5.41, 5.74) is 1.40. The minimum atomic E-state index is -0.270. The van der Waals surface area contributed by atoms with Gasteiger partial charge in [-0.2, -0.15) is 0 Å². The second kappa shape index (κ2) is 6.97. The Labute approximate surface area is 150 Å². The van der Waals surface area contributed by atoms with Gasteiger partial charge in [-0.05, 0) is 84.2 Å². The van der Waals surface area contributed by atoms with Crippen molar-refractivity contribution in [3.63, 3.8) is 0 Å². The Hall–Kier alpha value is -1.57. The number of methoxy groups -OCH3 is 1. The number of ether oxygens (including phenoxy) is 1. The third-order valence-corrected chi connectivity index (χ3v) is 6.91. The summed E-state index contributed by atoms with van der Waals surface area (Å²) in [7, 11) is 1.52. The van der Waals surface area contributed by atoms with Gasteiger partial charge in [-0.1, -0.05) is 38.0 Å². The van der Waals surface area contributed by atoms with Crippen molar-refractivity contribution >= 4 is 10.8 Å². The van der Waals surface area contributed by atoms with Crippen molar-refractivity contribution in [2.45, 2.75) is 57.8 Å². The van der Waals surface area contributed by atoms with E-state index in [4.69, 9.17) is 4.74 Å². The number of hydrogen-bond donors (Lipinski definition) is 0. The summed E-state index contributed by atoms with van der Waals surface area (Å²) in [4.78, 5) is 0. The molecule has 0 bridgehead atoms. The van der Waals surface area contributed by atoms with E-state index in [0.29, 0.717) is 11.7 Å². The maximum absolute atomic E-state index is 14.1. The second-order valence-electron chi connectivity index (χ2n) is 8.21. The molecule has 0 saturated heterocycles. The van der Waals surface area contributed by atoms with E-state index in [2.05, 4.69) is 25.1 Å². The number of hydrogen-bond acceptors (Lipinski definition) is 1. The summed E-state index contributed by atoms with van der Waals surface area (Å²) >= 11 is 0. The molecule has 2 fully saturated rings. The zero-order valence-electron chi connectivity index (χ0n) is 15.4. The van der Waals surface area contributed by atoms with Gasteiger partial charge in [-0.25, -0.2) is 4.39 Å². The van der Waals surface area contributed by atoms with Crippen molar-refractivity contribution < 1.29 is 9.13 Å². The summed E-state index contributed by atoms with van der Waals surface area (Å²) in [6.07, 6.45) is 9.64. The fraction of sp³-hybridized carbons (Fsp3) is 0.565. The fourth-order valence-corrected chi connectivity index (χ4v) is 5.34. The van der Waals surface area contributed by atoms with Gasteiger partial charge in [-0.15, -0.1) is 0 Å². The van der Waals surface area contributed by atoms with Crippen LogP contribution in [-0.2, 0) is 0 Å². The third kappa shape index (κ3) is 3.28. The highest BCUT2D eigenvalue weighted by molar-refractivity contribution is 5.84. The Morgan fingerprint density at radius 1 is 0.960 bits per heavy atom. The highest BCUT2D eigenvalue weighted by atomic mass is 19.1. The van der Waals surface area contributed by atoms with Crippen molar-refractivity contribution in [2.75, 3.05) is 7.11 Å². The Bertz CT molecular complexity index is 753. The van der Waals surface area contributed by atoms with Crippen LogP contribution in [0.1, 0.15) is 63.4 Å². The van der Waals surface area contributed by atoms with Crippen LogP contribution in [-0.4, -0.2) is 7.11 Å². The molecule has 4 rings (SSSR count). The van der Waals surface area contributed by atoms with E-state index in [1.807, 2.05) is 0 Å². The molecule has 4 atom stereocenters. The van der Waals surface area contributed by atoms with Gasteiger partial charge < -0.3 is 4.74 Å². The highest BCUT2D eigenvalue weighted by Crippen LogP contribution is 2.48. The van der Waals surface area contributed by atoms with Crippen LogP contribution in [0.5, 0.6) is 5.75 Å². The molecule has 0 N–H and O–H groups in total. The summed E-state index contributed by atoms with van der Waals surface area (Å²) in [6, 6.07) is 10.0. The fourth-order valence-electron chi connectivity index (χ4n) is 5.34. The van der Waals surface area contributed by atoms with Gasteiger partial charge in [0, 0.05) is 0 Å². The van der Waals surface area contributed by atoms with Crippen molar-refractivity contribution in [3.8, 4) is 5.75 Å². The monoisotopic (exact) mass is 340 g/mol. The molecule has 1 nitrogen and oxygen atoms in total. The standard InChI is InChI=1S/C23H29FO/c1-3-15-4-5-17-11-18(7-6-16(17)10-15)19-8-9-20-14-23(25-2)22(24)13-21(20)12-19/h8-9,12-18H,3-7,10-11H2,1-2H3/t15?,16-,17?,18-/m1/s1. The van der Waals surface area contributed by atoms with Crippen molar-refractivity contribution in [3.05, 3.63) is 41.7 Å². The maximum atomic E-state index is 14.1. The smallest absolute Gasteiger partial charge is 0.165 e. The molecule has 0 spiro atoms. The summed E-state index contributed by atoms with van der Waals surface area (Å²) < 4.78 is 19.2. The molecule has 0 amide bonds. The van der Waals surface area contributed by atoms with Crippen LogP contribution in [0.4, 0.5) is 4.39 Å². The summed E-state index contributed by atoms with van der Waals surface area (Å²) in [5.74, 6) is 3.54. The Balaban J connectivity index is 1.54. The molecule has 25 heavy (non-hydrogen) atoms. The van der Waals surface area contributed by atoms with Gasteiger partial charge >= 0.3 is 0 Å². The van der Waals surface area contributed by atoms with Crippen LogP contribution in [0.2, 0.25) is 0 Å². The molecule has 0 heterocycles.